The van der Waals surface area contributed by atoms with E-state index in [1.807, 2.05) is 60.7 Å². The Hall–Kier alpha value is -3.11. The van der Waals surface area contributed by atoms with Crippen molar-refractivity contribution in [3.8, 4) is 34.0 Å². The molecule has 2 heterocycles. The van der Waals surface area contributed by atoms with Gasteiger partial charge in [-0.05, 0) is 48.5 Å². The van der Waals surface area contributed by atoms with Crippen molar-refractivity contribution in [3.05, 3.63) is 84.1 Å². The number of nitrogens with one attached hydrogen (secondary N) is 1. The third-order valence-corrected chi connectivity index (χ3v) is 3.97. The van der Waals surface area contributed by atoms with Crippen LogP contribution in [-0.2, 0) is 0 Å². The van der Waals surface area contributed by atoms with E-state index in [-0.39, 0.29) is 0 Å². The van der Waals surface area contributed by atoms with E-state index in [4.69, 9.17) is 16.3 Å². The zero-order valence-corrected chi connectivity index (χ0v) is 13.9. The molecule has 4 nitrogen and oxygen atoms in total. The molecule has 0 aliphatic carbocycles. The van der Waals surface area contributed by atoms with Gasteiger partial charge in [-0.3, -0.25) is 10.1 Å². The highest BCUT2D eigenvalue weighted by atomic mass is 35.5. The Kier molecular flexibility index (Phi) is 4.19. The van der Waals surface area contributed by atoms with Crippen molar-refractivity contribution in [3.63, 3.8) is 0 Å². The number of H-pyrrole nitrogens is 1. The van der Waals surface area contributed by atoms with Gasteiger partial charge in [0, 0.05) is 28.5 Å². The highest BCUT2D eigenvalue weighted by Crippen LogP contribution is 2.34. The van der Waals surface area contributed by atoms with E-state index in [2.05, 4.69) is 15.2 Å². The van der Waals surface area contributed by atoms with Crippen LogP contribution in [0.25, 0.3) is 22.5 Å². The van der Waals surface area contributed by atoms with Crippen molar-refractivity contribution in [1.82, 2.24) is 15.2 Å². The van der Waals surface area contributed by atoms with Crippen molar-refractivity contribution in [1.29, 1.82) is 0 Å². The minimum absolute atomic E-state index is 0.635. The normalized spacial score (nSPS) is 10.6. The van der Waals surface area contributed by atoms with Crippen LogP contribution in [0, 0.1) is 0 Å². The summed E-state index contributed by atoms with van der Waals surface area (Å²) < 4.78 is 6.02. The maximum atomic E-state index is 6.04. The van der Waals surface area contributed by atoms with Gasteiger partial charge in [0.2, 0.25) is 0 Å². The molecule has 0 radical (unpaired) electrons. The summed E-state index contributed by atoms with van der Waals surface area (Å²) in [4.78, 5) is 4.13. The molecule has 0 saturated heterocycles. The molecule has 2 aromatic carbocycles. The van der Waals surface area contributed by atoms with E-state index in [1.165, 1.54) is 0 Å². The van der Waals surface area contributed by atoms with Gasteiger partial charge in [-0.15, -0.1) is 0 Å². The monoisotopic (exact) mass is 347 g/mol. The molecule has 1 N–H and O–H groups in total. The van der Waals surface area contributed by atoms with Crippen molar-refractivity contribution in [2.24, 2.45) is 0 Å². The number of hydrogen-bond acceptors (Lipinski definition) is 3. The predicted molar refractivity (Wildman–Crippen MR) is 98.8 cm³/mol. The van der Waals surface area contributed by atoms with Gasteiger partial charge in [0.1, 0.15) is 11.5 Å². The molecule has 4 aromatic rings. The van der Waals surface area contributed by atoms with Crippen LogP contribution in [-0.4, -0.2) is 15.2 Å². The number of aromatic nitrogens is 3. The number of pyridine rings is 1. The van der Waals surface area contributed by atoms with E-state index < -0.39 is 0 Å². The summed E-state index contributed by atoms with van der Waals surface area (Å²) in [5.74, 6) is 1.41. The minimum Gasteiger partial charge on any atom is -0.457 e. The SMILES string of the molecule is Clc1cccc(Oc2ccccc2-c2cc(-c3cccnc3)n[nH]2)c1. The zero-order valence-electron chi connectivity index (χ0n) is 13.2. The lowest BCUT2D eigenvalue weighted by Gasteiger charge is -2.10. The highest BCUT2D eigenvalue weighted by molar-refractivity contribution is 6.30. The van der Waals surface area contributed by atoms with Crippen molar-refractivity contribution >= 4 is 11.6 Å². The van der Waals surface area contributed by atoms with Crippen molar-refractivity contribution in [2.75, 3.05) is 0 Å². The molecule has 122 valence electrons. The molecule has 0 bridgehead atoms. The summed E-state index contributed by atoms with van der Waals surface area (Å²) in [6, 6.07) is 21.0. The Morgan fingerprint density at radius 2 is 1.84 bits per heavy atom. The van der Waals surface area contributed by atoms with Gasteiger partial charge in [-0.1, -0.05) is 29.8 Å². The Labute approximate surface area is 150 Å². The molecule has 0 unspecified atom stereocenters. The molecule has 4 rings (SSSR count). The van der Waals surface area contributed by atoms with Crippen LogP contribution < -0.4 is 4.74 Å². The molecule has 0 aliphatic heterocycles. The summed E-state index contributed by atoms with van der Waals surface area (Å²) in [7, 11) is 0. The van der Waals surface area contributed by atoms with Gasteiger partial charge < -0.3 is 4.74 Å². The quantitative estimate of drug-likeness (QED) is 0.524. The third kappa shape index (κ3) is 3.39. The fourth-order valence-electron chi connectivity index (χ4n) is 2.56. The maximum absolute atomic E-state index is 6.04. The molecule has 0 atom stereocenters. The smallest absolute Gasteiger partial charge is 0.136 e. The number of hydrogen-bond donors (Lipinski definition) is 1. The Morgan fingerprint density at radius 3 is 2.68 bits per heavy atom. The Bertz CT molecular complexity index is 999. The number of benzene rings is 2. The fraction of sp³-hybridized carbons (Fsp3) is 0. The lowest BCUT2D eigenvalue weighted by atomic mass is 10.1. The van der Waals surface area contributed by atoms with Crippen LogP contribution in [0.3, 0.4) is 0 Å². The van der Waals surface area contributed by atoms with Gasteiger partial charge in [-0.25, -0.2) is 0 Å². The topological polar surface area (TPSA) is 50.8 Å². The molecular formula is C20H14ClN3O. The van der Waals surface area contributed by atoms with Crippen LogP contribution in [0.5, 0.6) is 11.5 Å². The third-order valence-electron chi connectivity index (χ3n) is 3.74. The van der Waals surface area contributed by atoms with Crippen LogP contribution in [0.1, 0.15) is 0 Å². The molecule has 0 spiro atoms. The second-order valence-corrected chi connectivity index (χ2v) is 5.90. The predicted octanol–water partition coefficient (Wildman–Crippen LogP) is 5.58. The summed E-state index contributed by atoms with van der Waals surface area (Å²) in [6.07, 6.45) is 3.53. The number of halogens is 1. The van der Waals surface area contributed by atoms with Gasteiger partial charge in [0.05, 0.1) is 11.4 Å². The average molecular weight is 348 g/mol. The number of aromatic amines is 1. The minimum atomic E-state index is 0.635. The molecule has 0 saturated carbocycles. The second kappa shape index (κ2) is 6.79. The van der Waals surface area contributed by atoms with Crippen LogP contribution in [0.2, 0.25) is 5.02 Å². The Balaban J connectivity index is 1.69. The first-order chi connectivity index (χ1) is 12.3. The molecule has 0 aliphatic rings. The van der Waals surface area contributed by atoms with Crippen LogP contribution in [0.15, 0.2) is 79.1 Å². The zero-order chi connectivity index (χ0) is 17.1. The van der Waals surface area contributed by atoms with Crippen molar-refractivity contribution < 1.29 is 4.74 Å². The maximum Gasteiger partial charge on any atom is 0.136 e. The summed E-state index contributed by atoms with van der Waals surface area (Å²) in [5, 5.41) is 8.09. The average Bonchev–Trinajstić information content (AvgIpc) is 3.13. The van der Waals surface area contributed by atoms with E-state index in [1.54, 1.807) is 18.5 Å². The number of nitrogens with zero attached hydrogens (tertiary/aromatic N) is 2. The fourth-order valence-corrected chi connectivity index (χ4v) is 2.74. The first-order valence-corrected chi connectivity index (χ1v) is 8.16. The van der Waals surface area contributed by atoms with E-state index in [0.717, 1.165) is 28.3 Å². The van der Waals surface area contributed by atoms with E-state index in [9.17, 15) is 0 Å². The van der Waals surface area contributed by atoms with Crippen molar-refractivity contribution in [2.45, 2.75) is 0 Å². The first kappa shape index (κ1) is 15.4. The summed E-state index contributed by atoms with van der Waals surface area (Å²) >= 11 is 6.04. The molecule has 25 heavy (non-hydrogen) atoms. The number of para-hydroxylation sites is 1. The summed E-state index contributed by atoms with van der Waals surface area (Å²) in [5.41, 5.74) is 3.58. The summed E-state index contributed by atoms with van der Waals surface area (Å²) in [6.45, 7) is 0. The standard InChI is InChI=1S/C20H14ClN3O/c21-15-6-3-7-16(11-15)25-20-9-2-1-8-17(20)19-12-18(23-24-19)14-5-4-10-22-13-14/h1-13H,(H,23,24). The van der Waals surface area contributed by atoms with Gasteiger partial charge in [-0.2, -0.15) is 5.10 Å². The van der Waals surface area contributed by atoms with E-state index in [0.29, 0.717) is 10.8 Å². The van der Waals surface area contributed by atoms with Crippen LogP contribution >= 0.6 is 11.6 Å². The highest BCUT2D eigenvalue weighted by Gasteiger charge is 2.11. The lowest BCUT2D eigenvalue weighted by molar-refractivity contribution is 0.484. The molecule has 5 heteroatoms. The van der Waals surface area contributed by atoms with Gasteiger partial charge in [0.15, 0.2) is 0 Å². The second-order valence-electron chi connectivity index (χ2n) is 5.46. The lowest BCUT2D eigenvalue weighted by Crippen LogP contribution is -1.88. The molecule has 2 aromatic heterocycles. The Morgan fingerprint density at radius 1 is 0.920 bits per heavy atom. The number of ether oxygens (including phenoxy) is 1. The molecular weight excluding hydrogens is 334 g/mol. The first-order valence-electron chi connectivity index (χ1n) is 7.78. The van der Waals surface area contributed by atoms with Gasteiger partial charge in [0.25, 0.3) is 0 Å². The largest absolute Gasteiger partial charge is 0.457 e. The number of rotatable bonds is 4. The van der Waals surface area contributed by atoms with Gasteiger partial charge >= 0.3 is 0 Å². The van der Waals surface area contributed by atoms with E-state index >= 15 is 0 Å². The van der Waals surface area contributed by atoms with Crippen LogP contribution in [0.4, 0.5) is 0 Å². The molecule has 0 amide bonds. The molecule has 0 fully saturated rings.